The Hall–Kier alpha value is -3.28. The zero-order valence-corrected chi connectivity index (χ0v) is 25.6. The summed E-state index contributed by atoms with van der Waals surface area (Å²) >= 11 is 13.4. The lowest BCUT2D eigenvalue weighted by molar-refractivity contribution is -0.125. The zero-order chi connectivity index (χ0) is 29.9. The molecule has 2 amide bonds. The van der Waals surface area contributed by atoms with Crippen LogP contribution in [-0.4, -0.2) is 81.8 Å². The van der Waals surface area contributed by atoms with Gasteiger partial charge in [-0.3, -0.25) is 14.9 Å². The van der Waals surface area contributed by atoms with E-state index in [0.717, 1.165) is 27.6 Å². The van der Waals surface area contributed by atoms with Crippen LogP contribution in [0.1, 0.15) is 22.7 Å². The number of rotatable bonds is 6. The number of halogens is 2. The third-order valence-corrected chi connectivity index (χ3v) is 9.81. The minimum Gasteiger partial charge on any atom is -0.351 e. The normalized spacial score (nSPS) is 28.0. The Kier molecular flexibility index (Phi) is 7.22. The Labute approximate surface area is 265 Å². The number of fused-ring (bicyclic) bond motifs is 5. The third kappa shape index (κ3) is 5.02. The van der Waals surface area contributed by atoms with E-state index in [1.165, 1.54) is 0 Å². The Morgan fingerprint density at radius 3 is 2.55 bits per heavy atom. The van der Waals surface area contributed by atoms with Crippen LogP contribution in [0.2, 0.25) is 10.0 Å². The zero-order valence-electron chi connectivity index (χ0n) is 24.1. The predicted molar refractivity (Wildman–Crippen MR) is 167 cm³/mol. The van der Waals surface area contributed by atoms with Crippen molar-refractivity contribution in [1.29, 1.82) is 0 Å². The monoisotopic (exact) mass is 630 g/mol. The van der Waals surface area contributed by atoms with Crippen molar-refractivity contribution in [3.8, 4) is 0 Å². The molecule has 4 aromatic rings. The standard InChI is InChI=1S/C33H32Cl2N6O3/c1-38(33(42)37-16-20-9-4-2-5-10-20)40-18-26-31(43-26)41-27(40)19-39(32-30(44-32)29(41)21-11-6-3-7-12-21)17-23-25(35)15-24(34)22-13-8-14-36-28(22)23/h2-15,26-27,29-32H,16-19H2,1H3,(H,37,42)/t26?,27-,29+,30?,31?,32?/m1/s1. The van der Waals surface area contributed by atoms with Gasteiger partial charge in [-0.05, 0) is 29.3 Å². The second kappa shape index (κ2) is 11.3. The number of carbonyl (C=O) groups excluding carboxylic acids is 1. The number of pyridine rings is 1. The average Bonchev–Trinajstić information content (AvgIpc) is 3.97. The van der Waals surface area contributed by atoms with Crippen molar-refractivity contribution in [2.45, 2.75) is 50.0 Å². The Balaban J connectivity index is 1.14. The van der Waals surface area contributed by atoms with Crippen molar-refractivity contribution < 1.29 is 14.3 Å². The molecule has 8 rings (SSSR count). The van der Waals surface area contributed by atoms with E-state index >= 15 is 0 Å². The Morgan fingerprint density at radius 2 is 1.75 bits per heavy atom. The first-order valence-corrected chi connectivity index (χ1v) is 15.6. The molecule has 4 unspecified atom stereocenters. The number of nitrogens with one attached hydrogen (secondary N) is 1. The number of amides is 2. The van der Waals surface area contributed by atoms with Gasteiger partial charge in [0.15, 0.2) is 0 Å². The van der Waals surface area contributed by atoms with Crippen LogP contribution in [0, 0.1) is 0 Å². The molecule has 1 N–H and O–H groups in total. The summed E-state index contributed by atoms with van der Waals surface area (Å²) in [5.41, 5.74) is 3.90. The van der Waals surface area contributed by atoms with Crippen molar-refractivity contribution in [2.75, 3.05) is 20.1 Å². The van der Waals surface area contributed by atoms with E-state index in [9.17, 15) is 4.79 Å². The molecule has 0 bridgehead atoms. The first kappa shape index (κ1) is 28.2. The van der Waals surface area contributed by atoms with Crippen molar-refractivity contribution >= 4 is 40.1 Å². The molecule has 4 fully saturated rings. The van der Waals surface area contributed by atoms with Gasteiger partial charge in [-0.2, -0.15) is 5.01 Å². The lowest BCUT2D eigenvalue weighted by Gasteiger charge is -2.47. The summed E-state index contributed by atoms with van der Waals surface area (Å²) in [5.74, 6) is 0. The molecule has 4 aliphatic rings. The molecule has 9 nitrogen and oxygen atoms in total. The van der Waals surface area contributed by atoms with Crippen LogP contribution in [0.15, 0.2) is 85.1 Å². The maximum Gasteiger partial charge on any atom is 0.331 e. The number of benzene rings is 3. The summed E-state index contributed by atoms with van der Waals surface area (Å²) in [5, 5.41) is 8.95. The minimum absolute atomic E-state index is 0.00411. The van der Waals surface area contributed by atoms with Gasteiger partial charge in [-0.1, -0.05) is 83.9 Å². The molecule has 6 atom stereocenters. The molecular weight excluding hydrogens is 599 g/mol. The number of hydrazine groups is 1. The molecule has 0 spiro atoms. The summed E-state index contributed by atoms with van der Waals surface area (Å²) in [6.07, 6.45) is 1.35. The summed E-state index contributed by atoms with van der Waals surface area (Å²) in [6.45, 7) is 2.17. The minimum atomic E-state index is -0.169. The molecule has 4 aliphatic heterocycles. The summed E-state index contributed by atoms with van der Waals surface area (Å²) < 4.78 is 12.7. The number of nitrogens with zero attached hydrogens (tertiary/aromatic N) is 5. The smallest absolute Gasteiger partial charge is 0.331 e. The van der Waals surface area contributed by atoms with E-state index in [1.54, 1.807) is 17.3 Å². The quantitative estimate of drug-likeness (QED) is 0.292. The van der Waals surface area contributed by atoms with Gasteiger partial charge < -0.3 is 14.8 Å². The molecule has 0 radical (unpaired) electrons. The number of hydrogen-bond donors (Lipinski definition) is 1. The highest BCUT2D eigenvalue weighted by atomic mass is 35.5. The highest BCUT2D eigenvalue weighted by Gasteiger charge is 2.64. The molecular formula is C33H32Cl2N6O3. The Bertz CT molecular complexity index is 1700. The molecule has 5 heterocycles. The van der Waals surface area contributed by atoms with Gasteiger partial charge in [0.2, 0.25) is 0 Å². The number of ether oxygens (including phenoxy) is 2. The lowest BCUT2D eigenvalue weighted by Crippen LogP contribution is -2.65. The van der Waals surface area contributed by atoms with Crippen LogP contribution in [0.3, 0.4) is 0 Å². The van der Waals surface area contributed by atoms with Gasteiger partial charge in [-0.25, -0.2) is 9.69 Å². The van der Waals surface area contributed by atoms with Crippen LogP contribution in [0.25, 0.3) is 10.9 Å². The second-order valence-corrected chi connectivity index (χ2v) is 12.6. The van der Waals surface area contributed by atoms with Gasteiger partial charge in [0.1, 0.15) is 24.7 Å². The molecule has 0 saturated carbocycles. The van der Waals surface area contributed by atoms with Crippen LogP contribution >= 0.6 is 23.2 Å². The molecule has 0 aliphatic carbocycles. The number of aromatic nitrogens is 1. The molecule has 4 saturated heterocycles. The maximum atomic E-state index is 13.6. The van der Waals surface area contributed by atoms with E-state index in [4.69, 9.17) is 32.7 Å². The van der Waals surface area contributed by atoms with Gasteiger partial charge in [-0.15, -0.1) is 0 Å². The van der Waals surface area contributed by atoms with Crippen molar-refractivity contribution in [1.82, 2.24) is 30.1 Å². The predicted octanol–water partition coefficient (Wildman–Crippen LogP) is 5.25. The van der Waals surface area contributed by atoms with Crippen LogP contribution in [0.4, 0.5) is 4.79 Å². The topological polar surface area (TPSA) is 80.0 Å². The summed E-state index contributed by atoms with van der Waals surface area (Å²) in [4.78, 5) is 23.0. The maximum absolute atomic E-state index is 13.6. The fourth-order valence-electron chi connectivity index (χ4n) is 6.89. The Morgan fingerprint density at radius 1 is 0.977 bits per heavy atom. The highest BCUT2D eigenvalue weighted by Crippen LogP contribution is 2.51. The van der Waals surface area contributed by atoms with Crippen molar-refractivity contribution in [3.05, 3.63) is 112 Å². The van der Waals surface area contributed by atoms with E-state index in [2.05, 4.69) is 49.4 Å². The van der Waals surface area contributed by atoms with Crippen molar-refractivity contribution in [3.63, 3.8) is 0 Å². The number of carbonyl (C=O) groups is 1. The van der Waals surface area contributed by atoms with Gasteiger partial charge in [0.05, 0.1) is 29.3 Å². The van der Waals surface area contributed by atoms with Crippen molar-refractivity contribution in [2.24, 2.45) is 0 Å². The first-order valence-electron chi connectivity index (χ1n) is 14.9. The van der Waals surface area contributed by atoms with Gasteiger partial charge in [0.25, 0.3) is 0 Å². The SMILES string of the molecule is CN(C(=O)NCc1ccccc1)N1CC2OC2N2[C@@H](c3ccccc3)C3OC3N(Cc3c(Cl)cc(Cl)c4cccnc34)C[C@@H]21. The first-order chi connectivity index (χ1) is 21.5. The highest BCUT2D eigenvalue weighted by molar-refractivity contribution is 6.39. The van der Waals surface area contributed by atoms with E-state index < -0.39 is 0 Å². The van der Waals surface area contributed by atoms with Crippen LogP contribution in [0.5, 0.6) is 0 Å². The number of epoxide rings is 2. The van der Waals surface area contributed by atoms with Crippen LogP contribution < -0.4 is 5.32 Å². The number of hydrogen-bond acceptors (Lipinski definition) is 7. The van der Waals surface area contributed by atoms with E-state index in [1.807, 2.05) is 55.6 Å². The molecule has 1 aromatic heterocycles. The second-order valence-electron chi connectivity index (χ2n) is 11.8. The van der Waals surface area contributed by atoms with Gasteiger partial charge in [0, 0.05) is 48.9 Å². The summed E-state index contributed by atoms with van der Waals surface area (Å²) in [7, 11) is 1.83. The van der Waals surface area contributed by atoms with E-state index in [-0.39, 0.29) is 42.9 Å². The largest absolute Gasteiger partial charge is 0.351 e. The van der Waals surface area contributed by atoms with Crippen LogP contribution in [-0.2, 0) is 22.6 Å². The molecule has 226 valence electrons. The molecule has 44 heavy (non-hydrogen) atoms. The third-order valence-electron chi connectivity index (χ3n) is 9.16. The summed E-state index contributed by atoms with van der Waals surface area (Å²) in [6, 6.07) is 25.8. The fraction of sp³-hybridized carbons (Fsp3) is 0.333. The fourth-order valence-corrected chi connectivity index (χ4v) is 7.46. The molecule has 3 aromatic carbocycles. The van der Waals surface area contributed by atoms with E-state index in [0.29, 0.717) is 36.2 Å². The van der Waals surface area contributed by atoms with Gasteiger partial charge >= 0.3 is 6.03 Å². The lowest BCUT2D eigenvalue weighted by atomic mass is 10.00. The average molecular weight is 632 g/mol. The molecule has 11 heteroatoms. The number of urea groups is 1.